The van der Waals surface area contributed by atoms with Crippen molar-refractivity contribution in [2.75, 3.05) is 11.9 Å². The lowest BCUT2D eigenvalue weighted by molar-refractivity contribution is 0.0697. The number of amides is 2. The molecular weight excluding hydrogens is 268 g/mol. The van der Waals surface area contributed by atoms with Crippen molar-refractivity contribution < 1.29 is 14.7 Å². The van der Waals surface area contributed by atoms with Crippen LogP contribution in [0, 0.1) is 12.8 Å². The van der Waals surface area contributed by atoms with Crippen molar-refractivity contribution in [3.05, 3.63) is 29.3 Å². The number of anilines is 1. The van der Waals surface area contributed by atoms with Crippen LogP contribution >= 0.6 is 0 Å². The zero-order valence-electron chi connectivity index (χ0n) is 12.3. The van der Waals surface area contributed by atoms with Crippen molar-refractivity contribution in [2.45, 2.75) is 39.0 Å². The van der Waals surface area contributed by atoms with E-state index in [4.69, 9.17) is 5.11 Å². The molecule has 0 aliphatic heterocycles. The predicted octanol–water partition coefficient (Wildman–Crippen LogP) is 3.40. The summed E-state index contributed by atoms with van der Waals surface area (Å²) in [5.41, 5.74) is 1.60. The van der Waals surface area contributed by atoms with Crippen LogP contribution in [-0.2, 0) is 0 Å². The molecule has 0 unspecified atom stereocenters. The highest BCUT2D eigenvalue weighted by atomic mass is 16.4. The number of carboxylic acid groups (broad SMARTS) is 1. The summed E-state index contributed by atoms with van der Waals surface area (Å²) in [6.45, 7) is 2.46. The molecule has 2 rings (SSSR count). The highest BCUT2D eigenvalue weighted by Crippen LogP contribution is 2.26. The zero-order valence-corrected chi connectivity index (χ0v) is 12.3. The van der Waals surface area contributed by atoms with Crippen molar-refractivity contribution in [1.82, 2.24) is 5.32 Å². The van der Waals surface area contributed by atoms with Crippen LogP contribution in [0.5, 0.6) is 0 Å². The molecule has 1 aromatic carbocycles. The Balaban J connectivity index is 1.80. The molecule has 0 radical (unpaired) electrons. The molecule has 1 fully saturated rings. The monoisotopic (exact) mass is 290 g/mol. The molecule has 0 bridgehead atoms. The van der Waals surface area contributed by atoms with E-state index in [2.05, 4.69) is 10.6 Å². The molecule has 21 heavy (non-hydrogen) atoms. The maximum absolute atomic E-state index is 11.8. The number of carbonyl (C=O) groups excluding carboxylic acids is 1. The molecule has 114 valence electrons. The molecule has 3 N–H and O–H groups in total. The second kappa shape index (κ2) is 7.11. The van der Waals surface area contributed by atoms with Crippen molar-refractivity contribution >= 4 is 17.7 Å². The minimum atomic E-state index is -0.967. The van der Waals surface area contributed by atoms with Crippen molar-refractivity contribution in [3.8, 4) is 0 Å². The van der Waals surface area contributed by atoms with Gasteiger partial charge in [-0.1, -0.05) is 25.7 Å². The molecule has 0 aromatic heterocycles. The van der Waals surface area contributed by atoms with Crippen LogP contribution in [-0.4, -0.2) is 23.7 Å². The lowest BCUT2D eigenvalue weighted by Gasteiger charge is -2.12. The number of nitrogens with one attached hydrogen (secondary N) is 2. The van der Waals surface area contributed by atoms with Crippen LogP contribution in [0.15, 0.2) is 18.2 Å². The summed E-state index contributed by atoms with van der Waals surface area (Å²) >= 11 is 0. The predicted molar refractivity (Wildman–Crippen MR) is 81.7 cm³/mol. The molecular formula is C16H22N2O3. The van der Waals surface area contributed by atoms with Gasteiger partial charge < -0.3 is 15.7 Å². The van der Waals surface area contributed by atoms with Gasteiger partial charge in [-0.2, -0.15) is 0 Å². The van der Waals surface area contributed by atoms with Gasteiger partial charge in [-0.05, 0) is 43.0 Å². The van der Waals surface area contributed by atoms with Gasteiger partial charge >= 0.3 is 12.0 Å². The topological polar surface area (TPSA) is 78.4 Å². The summed E-state index contributed by atoms with van der Waals surface area (Å²) in [4.78, 5) is 22.7. The highest BCUT2D eigenvalue weighted by Gasteiger charge is 2.15. The fraction of sp³-hybridized carbons (Fsp3) is 0.500. The standard InChI is InChI=1S/C16H22N2O3/c1-11-10-13(15(19)20)6-7-14(11)18-16(21)17-9-8-12-4-2-3-5-12/h6-7,10,12H,2-5,8-9H2,1H3,(H,19,20)(H2,17,18,21). The van der Waals surface area contributed by atoms with E-state index >= 15 is 0 Å². The Labute approximate surface area is 124 Å². The average Bonchev–Trinajstić information content (AvgIpc) is 2.94. The SMILES string of the molecule is Cc1cc(C(=O)O)ccc1NC(=O)NCCC1CCCC1. The van der Waals surface area contributed by atoms with E-state index in [9.17, 15) is 9.59 Å². The van der Waals surface area contributed by atoms with Gasteiger partial charge in [0.2, 0.25) is 0 Å². The van der Waals surface area contributed by atoms with Crippen molar-refractivity contribution in [1.29, 1.82) is 0 Å². The number of hydrogen-bond donors (Lipinski definition) is 3. The molecule has 1 aromatic rings. The van der Waals surface area contributed by atoms with Crippen molar-refractivity contribution in [3.63, 3.8) is 0 Å². The Kier molecular flexibility index (Phi) is 5.20. The summed E-state index contributed by atoms with van der Waals surface area (Å²) in [5, 5.41) is 14.5. The number of benzene rings is 1. The number of urea groups is 1. The second-order valence-electron chi connectivity index (χ2n) is 5.65. The van der Waals surface area contributed by atoms with Gasteiger partial charge in [-0.25, -0.2) is 9.59 Å². The minimum Gasteiger partial charge on any atom is -0.478 e. The molecule has 0 saturated heterocycles. The van der Waals surface area contributed by atoms with E-state index in [-0.39, 0.29) is 11.6 Å². The maximum Gasteiger partial charge on any atom is 0.335 e. The first-order valence-electron chi connectivity index (χ1n) is 7.45. The average molecular weight is 290 g/mol. The molecule has 0 spiro atoms. The van der Waals surface area contributed by atoms with E-state index in [1.165, 1.54) is 31.7 Å². The summed E-state index contributed by atoms with van der Waals surface area (Å²) in [5.74, 6) is -0.215. The molecule has 1 aliphatic rings. The van der Waals surface area contributed by atoms with Crippen molar-refractivity contribution in [2.24, 2.45) is 5.92 Å². The molecule has 5 nitrogen and oxygen atoms in total. The lowest BCUT2D eigenvalue weighted by atomic mass is 10.0. The fourth-order valence-electron chi connectivity index (χ4n) is 2.79. The van der Waals surface area contributed by atoms with Gasteiger partial charge in [-0.15, -0.1) is 0 Å². The summed E-state index contributed by atoms with van der Waals surface area (Å²) in [6, 6.07) is 4.43. The maximum atomic E-state index is 11.8. The number of aromatic carboxylic acids is 1. The quantitative estimate of drug-likeness (QED) is 0.777. The molecule has 2 amide bonds. The zero-order chi connectivity index (χ0) is 15.2. The minimum absolute atomic E-state index is 0.222. The molecule has 0 heterocycles. The molecule has 1 saturated carbocycles. The van der Waals surface area contributed by atoms with Crippen LogP contribution in [0.2, 0.25) is 0 Å². The van der Waals surface area contributed by atoms with Crippen LogP contribution in [0.25, 0.3) is 0 Å². The molecule has 1 aliphatic carbocycles. The normalized spacial score (nSPS) is 14.9. The fourth-order valence-corrected chi connectivity index (χ4v) is 2.79. The second-order valence-corrected chi connectivity index (χ2v) is 5.65. The number of aryl methyl sites for hydroxylation is 1. The van der Waals surface area contributed by atoms with E-state index in [0.717, 1.165) is 17.9 Å². The Morgan fingerprint density at radius 2 is 2.00 bits per heavy atom. The Morgan fingerprint density at radius 3 is 2.62 bits per heavy atom. The first-order chi connectivity index (χ1) is 10.1. The number of carbonyl (C=O) groups is 2. The summed E-state index contributed by atoms with van der Waals surface area (Å²) in [6.07, 6.45) is 6.21. The van der Waals surface area contributed by atoms with E-state index in [1.807, 2.05) is 0 Å². The first kappa shape index (κ1) is 15.4. The highest BCUT2D eigenvalue weighted by molar-refractivity contribution is 5.92. The van der Waals surface area contributed by atoms with Crippen LogP contribution in [0.3, 0.4) is 0 Å². The largest absolute Gasteiger partial charge is 0.478 e. The number of hydrogen-bond acceptors (Lipinski definition) is 2. The Hall–Kier alpha value is -2.04. The third-order valence-electron chi connectivity index (χ3n) is 4.03. The van der Waals surface area contributed by atoms with E-state index in [0.29, 0.717) is 12.2 Å². The lowest BCUT2D eigenvalue weighted by Crippen LogP contribution is -2.30. The van der Waals surface area contributed by atoms with Gasteiger partial charge in [-0.3, -0.25) is 0 Å². The Bertz CT molecular complexity index is 522. The van der Waals surface area contributed by atoms with Gasteiger partial charge in [0.15, 0.2) is 0 Å². The van der Waals surface area contributed by atoms with Gasteiger partial charge in [0, 0.05) is 12.2 Å². The molecule has 5 heteroatoms. The van der Waals surface area contributed by atoms with Gasteiger partial charge in [0.25, 0.3) is 0 Å². The summed E-state index contributed by atoms with van der Waals surface area (Å²) in [7, 11) is 0. The van der Waals surface area contributed by atoms with Crippen LogP contribution < -0.4 is 10.6 Å². The summed E-state index contributed by atoms with van der Waals surface area (Å²) < 4.78 is 0. The molecule has 0 atom stereocenters. The first-order valence-corrected chi connectivity index (χ1v) is 7.45. The van der Waals surface area contributed by atoms with Gasteiger partial charge in [0.05, 0.1) is 5.56 Å². The number of rotatable bonds is 5. The van der Waals surface area contributed by atoms with Gasteiger partial charge in [0.1, 0.15) is 0 Å². The third kappa shape index (κ3) is 4.48. The van der Waals surface area contributed by atoms with E-state index in [1.54, 1.807) is 19.1 Å². The third-order valence-corrected chi connectivity index (χ3v) is 4.03. The number of carboxylic acids is 1. The van der Waals surface area contributed by atoms with E-state index < -0.39 is 5.97 Å². The smallest absolute Gasteiger partial charge is 0.335 e. The van der Waals surface area contributed by atoms with Crippen LogP contribution in [0.1, 0.15) is 48.0 Å². The van der Waals surface area contributed by atoms with Crippen LogP contribution in [0.4, 0.5) is 10.5 Å². The Morgan fingerprint density at radius 1 is 1.29 bits per heavy atom.